The molecule has 20 heavy (non-hydrogen) atoms. The zero-order valence-electron chi connectivity index (χ0n) is 12.1. The monoisotopic (exact) mass is 285 g/mol. The maximum absolute atomic E-state index is 3.71. The molecule has 0 heterocycles. The molecule has 0 aliphatic heterocycles. The molecule has 0 amide bonds. The first-order valence-electron chi connectivity index (χ1n) is 7.21. The van der Waals surface area contributed by atoms with E-state index in [2.05, 4.69) is 72.2 Å². The van der Waals surface area contributed by atoms with Crippen molar-refractivity contribution in [3.8, 4) is 0 Å². The maximum atomic E-state index is 3.71. The van der Waals surface area contributed by atoms with Crippen LogP contribution in [-0.2, 0) is 6.42 Å². The quantitative estimate of drug-likeness (QED) is 0.725. The van der Waals surface area contributed by atoms with E-state index in [0.717, 1.165) is 13.0 Å². The Morgan fingerprint density at radius 2 is 1.60 bits per heavy atom. The SMILES string of the molecule is CSCCCNC(Cc1ccccc1)c1ccccc1. The summed E-state index contributed by atoms with van der Waals surface area (Å²) in [4.78, 5) is 0. The smallest absolute Gasteiger partial charge is 0.0360 e. The van der Waals surface area contributed by atoms with Crippen LogP contribution in [0.5, 0.6) is 0 Å². The lowest BCUT2D eigenvalue weighted by Gasteiger charge is -2.19. The summed E-state index contributed by atoms with van der Waals surface area (Å²) in [5, 5.41) is 3.71. The van der Waals surface area contributed by atoms with Crippen LogP contribution >= 0.6 is 11.8 Å². The summed E-state index contributed by atoms with van der Waals surface area (Å²) >= 11 is 1.91. The molecule has 1 nitrogen and oxygen atoms in total. The Morgan fingerprint density at radius 1 is 0.950 bits per heavy atom. The summed E-state index contributed by atoms with van der Waals surface area (Å²) < 4.78 is 0. The van der Waals surface area contributed by atoms with Crippen LogP contribution in [0.25, 0.3) is 0 Å². The molecule has 0 radical (unpaired) electrons. The largest absolute Gasteiger partial charge is 0.310 e. The van der Waals surface area contributed by atoms with E-state index in [4.69, 9.17) is 0 Å². The molecule has 2 aromatic rings. The Hall–Kier alpha value is -1.25. The summed E-state index contributed by atoms with van der Waals surface area (Å²) in [6, 6.07) is 21.9. The fourth-order valence-corrected chi connectivity index (χ4v) is 2.77. The number of rotatable bonds is 8. The highest BCUT2D eigenvalue weighted by atomic mass is 32.2. The van der Waals surface area contributed by atoms with Gasteiger partial charge in [0.05, 0.1) is 0 Å². The summed E-state index contributed by atoms with van der Waals surface area (Å²) in [5.74, 6) is 1.22. The third-order valence-corrected chi connectivity index (χ3v) is 4.10. The van der Waals surface area contributed by atoms with E-state index >= 15 is 0 Å². The Labute approximate surface area is 126 Å². The molecule has 0 spiro atoms. The van der Waals surface area contributed by atoms with Gasteiger partial charge in [0.15, 0.2) is 0 Å². The van der Waals surface area contributed by atoms with Crippen molar-refractivity contribution in [1.29, 1.82) is 0 Å². The summed E-state index contributed by atoms with van der Waals surface area (Å²) in [6.07, 6.45) is 4.43. The van der Waals surface area contributed by atoms with Gasteiger partial charge in [0, 0.05) is 6.04 Å². The Kier molecular flexibility index (Phi) is 6.69. The van der Waals surface area contributed by atoms with E-state index in [1.165, 1.54) is 23.3 Å². The van der Waals surface area contributed by atoms with Crippen LogP contribution in [0.1, 0.15) is 23.6 Å². The fraction of sp³-hybridized carbons (Fsp3) is 0.333. The Balaban J connectivity index is 2.00. The minimum Gasteiger partial charge on any atom is -0.310 e. The van der Waals surface area contributed by atoms with Gasteiger partial charge in [0.1, 0.15) is 0 Å². The lowest BCUT2D eigenvalue weighted by atomic mass is 9.99. The lowest BCUT2D eigenvalue weighted by molar-refractivity contribution is 0.530. The van der Waals surface area contributed by atoms with Crippen LogP contribution in [0.4, 0.5) is 0 Å². The topological polar surface area (TPSA) is 12.0 Å². The van der Waals surface area contributed by atoms with Crippen LogP contribution in [0.15, 0.2) is 60.7 Å². The fourth-order valence-electron chi connectivity index (χ4n) is 2.34. The predicted molar refractivity (Wildman–Crippen MR) is 90.3 cm³/mol. The second kappa shape index (κ2) is 8.83. The van der Waals surface area contributed by atoms with Crippen LogP contribution in [0.3, 0.4) is 0 Å². The highest BCUT2D eigenvalue weighted by molar-refractivity contribution is 7.98. The van der Waals surface area contributed by atoms with Gasteiger partial charge < -0.3 is 5.32 Å². The summed E-state index contributed by atoms with van der Waals surface area (Å²) in [5.41, 5.74) is 2.76. The average molecular weight is 285 g/mol. The van der Waals surface area contributed by atoms with Gasteiger partial charge >= 0.3 is 0 Å². The van der Waals surface area contributed by atoms with Crippen molar-refractivity contribution in [3.63, 3.8) is 0 Å². The van der Waals surface area contributed by atoms with Crippen LogP contribution in [-0.4, -0.2) is 18.6 Å². The molecule has 1 atom stereocenters. The molecule has 2 rings (SSSR count). The minimum atomic E-state index is 0.403. The van der Waals surface area contributed by atoms with Crippen molar-refractivity contribution in [2.45, 2.75) is 18.9 Å². The molecule has 0 saturated heterocycles. The standard InChI is InChI=1S/C18H23NS/c1-20-14-8-13-19-18(17-11-6-3-7-12-17)15-16-9-4-2-5-10-16/h2-7,9-12,18-19H,8,13-15H2,1H3. The van der Waals surface area contributed by atoms with Crippen LogP contribution in [0, 0.1) is 0 Å². The molecule has 1 unspecified atom stereocenters. The number of hydrogen-bond acceptors (Lipinski definition) is 2. The highest BCUT2D eigenvalue weighted by Gasteiger charge is 2.10. The lowest BCUT2D eigenvalue weighted by Crippen LogP contribution is -2.24. The third kappa shape index (κ3) is 5.03. The molecule has 0 aliphatic rings. The summed E-state index contributed by atoms with van der Waals surface area (Å²) in [6.45, 7) is 1.08. The third-order valence-electron chi connectivity index (χ3n) is 3.40. The van der Waals surface area contributed by atoms with Crippen LogP contribution in [0.2, 0.25) is 0 Å². The van der Waals surface area contributed by atoms with Crippen molar-refractivity contribution in [2.75, 3.05) is 18.6 Å². The van der Waals surface area contributed by atoms with Gasteiger partial charge in [-0.05, 0) is 42.5 Å². The van der Waals surface area contributed by atoms with Gasteiger partial charge in [-0.25, -0.2) is 0 Å². The molecule has 0 bridgehead atoms. The van der Waals surface area contributed by atoms with Gasteiger partial charge in [-0.15, -0.1) is 0 Å². The van der Waals surface area contributed by atoms with E-state index in [1.54, 1.807) is 0 Å². The molecule has 2 heteroatoms. The van der Waals surface area contributed by atoms with Gasteiger partial charge in [-0.1, -0.05) is 60.7 Å². The van der Waals surface area contributed by atoms with E-state index in [0.29, 0.717) is 6.04 Å². The van der Waals surface area contributed by atoms with E-state index in [9.17, 15) is 0 Å². The molecule has 106 valence electrons. The van der Waals surface area contributed by atoms with Crippen molar-refractivity contribution in [3.05, 3.63) is 71.8 Å². The highest BCUT2D eigenvalue weighted by Crippen LogP contribution is 2.18. The van der Waals surface area contributed by atoms with Crippen molar-refractivity contribution < 1.29 is 0 Å². The number of thioether (sulfide) groups is 1. The normalized spacial score (nSPS) is 12.2. The molecule has 0 aromatic heterocycles. The zero-order chi connectivity index (χ0) is 14.0. The minimum absolute atomic E-state index is 0.403. The maximum Gasteiger partial charge on any atom is 0.0360 e. The average Bonchev–Trinajstić information content (AvgIpc) is 2.52. The van der Waals surface area contributed by atoms with Gasteiger partial charge in [0.25, 0.3) is 0 Å². The molecule has 0 fully saturated rings. The van der Waals surface area contributed by atoms with E-state index in [1.807, 2.05) is 11.8 Å². The molecular formula is C18H23NS. The van der Waals surface area contributed by atoms with Gasteiger partial charge in [-0.3, -0.25) is 0 Å². The Bertz CT molecular complexity index is 469. The second-order valence-electron chi connectivity index (χ2n) is 4.95. The first-order valence-corrected chi connectivity index (χ1v) is 8.60. The van der Waals surface area contributed by atoms with E-state index in [-0.39, 0.29) is 0 Å². The number of nitrogens with one attached hydrogen (secondary N) is 1. The van der Waals surface area contributed by atoms with Crippen molar-refractivity contribution >= 4 is 11.8 Å². The molecule has 1 N–H and O–H groups in total. The van der Waals surface area contributed by atoms with Gasteiger partial charge in [-0.2, -0.15) is 11.8 Å². The summed E-state index contributed by atoms with van der Waals surface area (Å²) in [7, 11) is 0. The molecule has 0 aliphatic carbocycles. The van der Waals surface area contributed by atoms with E-state index < -0.39 is 0 Å². The first kappa shape index (κ1) is 15.1. The first-order chi connectivity index (χ1) is 9.90. The number of benzene rings is 2. The Morgan fingerprint density at radius 3 is 2.25 bits per heavy atom. The van der Waals surface area contributed by atoms with Crippen molar-refractivity contribution in [1.82, 2.24) is 5.32 Å². The molecule has 0 saturated carbocycles. The number of hydrogen-bond donors (Lipinski definition) is 1. The van der Waals surface area contributed by atoms with Crippen LogP contribution < -0.4 is 5.32 Å². The second-order valence-corrected chi connectivity index (χ2v) is 5.94. The van der Waals surface area contributed by atoms with Gasteiger partial charge in [0.2, 0.25) is 0 Å². The predicted octanol–water partition coefficient (Wildman–Crippen LogP) is 4.31. The molecule has 2 aromatic carbocycles. The molecular weight excluding hydrogens is 262 g/mol. The zero-order valence-corrected chi connectivity index (χ0v) is 12.9. The van der Waals surface area contributed by atoms with Crippen molar-refractivity contribution in [2.24, 2.45) is 0 Å².